The zero-order valence-electron chi connectivity index (χ0n) is 15.4. The molecule has 6 nitrogen and oxygen atoms in total. The van der Waals surface area contributed by atoms with Crippen molar-refractivity contribution in [2.45, 2.75) is 12.8 Å². The van der Waals surface area contributed by atoms with Gasteiger partial charge in [0.05, 0.1) is 5.82 Å². The van der Waals surface area contributed by atoms with Crippen LogP contribution in [-0.4, -0.2) is 42.9 Å². The van der Waals surface area contributed by atoms with Gasteiger partial charge in [0.2, 0.25) is 0 Å². The number of amides is 1. The van der Waals surface area contributed by atoms with E-state index in [9.17, 15) is 4.79 Å². The molecule has 27 heavy (non-hydrogen) atoms. The van der Waals surface area contributed by atoms with Gasteiger partial charge in [0.25, 0.3) is 5.91 Å². The quantitative estimate of drug-likeness (QED) is 0.345. The minimum atomic E-state index is -0.122. The van der Waals surface area contributed by atoms with E-state index in [-0.39, 0.29) is 5.91 Å². The summed E-state index contributed by atoms with van der Waals surface area (Å²) in [4.78, 5) is 18.0. The molecule has 1 saturated heterocycles. The highest BCUT2D eigenvalue weighted by atomic mass is 32.2. The number of thioether (sulfide) groups is 1. The fraction of sp³-hybridized carbons (Fsp3) is 0.300. The molecule has 0 atom stereocenters. The Balaban J connectivity index is 1.93. The number of hydrogen-bond acceptors (Lipinski definition) is 6. The Morgan fingerprint density at radius 1 is 1.26 bits per heavy atom. The lowest BCUT2D eigenvalue weighted by Gasteiger charge is -2.16. The van der Waals surface area contributed by atoms with Crippen LogP contribution in [0.4, 0.5) is 0 Å². The van der Waals surface area contributed by atoms with Crippen molar-refractivity contribution in [1.82, 2.24) is 10.2 Å². The van der Waals surface area contributed by atoms with E-state index in [1.165, 1.54) is 12.8 Å². The Morgan fingerprint density at radius 3 is 2.74 bits per heavy atom. The number of likely N-dealkylation sites (tertiary alicyclic amines) is 1. The molecule has 0 aromatic heterocycles. The normalized spacial score (nSPS) is 15.3. The van der Waals surface area contributed by atoms with Crippen LogP contribution in [0.15, 0.2) is 58.8 Å². The number of rotatable bonds is 9. The second-order valence-electron chi connectivity index (χ2n) is 6.08. The lowest BCUT2D eigenvalue weighted by atomic mass is 10.1. The van der Waals surface area contributed by atoms with Gasteiger partial charge in [0, 0.05) is 42.8 Å². The largest absolute Gasteiger partial charge is 0.398 e. The molecule has 1 aromatic rings. The van der Waals surface area contributed by atoms with E-state index in [2.05, 4.69) is 21.9 Å². The van der Waals surface area contributed by atoms with Gasteiger partial charge in [-0.25, -0.2) is 0 Å². The van der Waals surface area contributed by atoms with Crippen molar-refractivity contribution in [3.63, 3.8) is 0 Å². The fourth-order valence-electron chi connectivity index (χ4n) is 2.67. The molecule has 2 rings (SSSR count). The van der Waals surface area contributed by atoms with E-state index in [0.29, 0.717) is 17.8 Å². The van der Waals surface area contributed by atoms with E-state index in [0.717, 1.165) is 30.2 Å². The summed E-state index contributed by atoms with van der Waals surface area (Å²) in [5.41, 5.74) is 14.2. The molecule has 1 aliphatic rings. The van der Waals surface area contributed by atoms with Crippen molar-refractivity contribution in [1.29, 1.82) is 0 Å². The molecule has 0 radical (unpaired) electrons. The SMILES string of the molecule is C=N/C=C\SCCNC(=O)c1cccc(/C(N)=C/C=C(\N)N2CCCC2)c1. The van der Waals surface area contributed by atoms with Gasteiger partial charge in [0.1, 0.15) is 0 Å². The smallest absolute Gasteiger partial charge is 0.251 e. The summed E-state index contributed by atoms with van der Waals surface area (Å²) in [6.07, 6.45) is 7.59. The summed E-state index contributed by atoms with van der Waals surface area (Å²) in [6, 6.07) is 7.27. The third kappa shape index (κ3) is 6.86. The minimum absolute atomic E-state index is 0.122. The van der Waals surface area contributed by atoms with Gasteiger partial charge in [-0.3, -0.25) is 9.79 Å². The Hall–Kier alpha value is -2.67. The van der Waals surface area contributed by atoms with Crippen LogP contribution in [0.25, 0.3) is 5.70 Å². The predicted molar refractivity (Wildman–Crippen MR) is 115 cm³/mol. The molecule has 1 aliphatic heterocycles. The van der Waals surface area contributed by atoms with Crippen molar-refractivity contribution in [2.24, 2.45) is 16.5 Å². The van der Waals surface area contributed by atoms with Gasteiger partial charge >= 0.3 is 0 Å². The van der Waals surface area contributed by atoms with Gasteiger partial charge in [0.15, 0.2) is 0 Å². The lowest BCUT2D eigenvalue weighted by molar-refractivity contribution is 0.0956. The van der Waals surface area contributed by atoms with Crippen molar-refractivity contribution < 1.29 is 4.79 Å². The second kappa shape index (κ2) is 11.1. The number of nitrogens with two attached hydrogens (primary N) is 2. The van der Waals surface area contributed by atoms with Crippen LogP contribution in [0, 0.1) is 0 Å². The van der Waals surface area contributed by atoms with Crippen molar-refractivity contribution in [3.05, 3.63) is 65.0 Å². The van der Waals surface area contributed by atoms with E-state index < -0.39 is 0 Å². The molecule has 1 aromatic carbocycles. The van der Waals surface area contributed by atoms with Crippen molar-refractivity contribution >= 4 is 30.1 Å². The van der Waals surface area contributed by atoms with Crippen LogP contribution in [0.3, 0.4) is 0 Å². The van der Waals surface area contributed by atoms with Gasteiger partial charge in [-0.1, -0.05) is 12.1 Å². The summed E-state index contributed by atoms with van der Waals surface area (Å²) in [7, 11) is 0. The summed E-state index contributed by atoms with van der Waals surface area (Å²) in [6.45, 7) is 5.91. The van der Waals surface area contributed by atoms with Crippen LogP contribution in [-0.2, 0) is 0 Å². The highest BCUT2D eigenvalue weighted by molar-refractivity contribution is 8.02. The molecule has 0 aliphatic carbocycles. The molecular weight excluding hydrogens is 358 g/mol. The third-order valence-electron chi connectivity index (χ3n) is 4.13. The number of hydrogen-bond donors (Lipinski definition) is 3. The second-order valence-corrected chi connectivity index (χ2v) is 7.10. The van der Waals surface area contributed by atoms with Crippen LogP contribution < -0.4 is 16.8 Å². The average Bonchev–Trinajstić information content (AvgIpc) is 3.23. The average molecular weight is 386 g/mol. The summed E-state index contributed by atoms with van der Waals surface area (Å²) >= 11 is 1.56. The van der Waals surface area contributed by atoms with E-state index in [1.54, 1.807) is 36.2 Å². The maximum atomic E-state index is 12.3. The Kier molecular flexibility index (Phi) is 8.51. The summed E-state index contributed by atoms with van der Waals surface area (Å²) < 4.78 is 0. The molecular formula is C20H27N5OS. The number of nitrogens with one attached hydrogen (secondary N) is 1. The lowest BCUT2D eigenvalue weighted by Crippen LogP contribution is -2.25. The Bertz CT molecular complexity index is 736. The van der Waals surface area contributed by atoms with E-state index in [1.807, 2.05) is 23.6 Å². The third-order valence-corrected chi connectivity index (χ3v) is 4.88. The van der Waals surface area contributed by atoms with Gasteiger partial charge in [-0.05, 0) is 54.8 Å². The number of benzene rings is 1. The van der Waals surface area contributed by atoms with Gasteiger partial charge in [-0.2, -0.15) is 0 Å². The zero-order chi connectivity index (χ0) is 19.5. The highest BCUT2D eigenvalue weighted by Crippen LogP contribution is 2.14. The molecule has 1 fully saturated rings. The monoisotopic (exact) mass is 385 g/mol. The Morgan fingerprint density at radius 2 is 2.00 bits per heavy atom. The molecule has 0 unspecified atom stereocenters. The van der Waals surface area contributed by atoms with Crippen molar-refractivity contribution in [3.8, 4) is 0 Å². The molecule has 0 saturated carbocycles. The van der Waals surface area contributed by atoms with E-state index >= 15 is 0 Å². The molecule has 0 spiro atoms. The molecule has 7 heteroatoms. The first-order valence-corrected chi connectivity index (χ1v) is 9.95. The predicted octanol–water partition coefficient (Wildman–Crippen LogP) is 2.52. The molecule has 1 heterocycles. The maximum Gasteiger partial charge on any atom is 0.251 e. The van der Waals surface area contributed by atoms with Crippen LogP contribution in [0.1, 0.15) is 28.8 Å². The minimum Gasteiger partial charge on any atom is -0.398 e. The standard InChI is InChI=1S/C20H27N5OS/c1-23-9-13-27-14-10-24-20(26)17-6-4-5-16(15-17)18(21)7-8-19(22)25-11-2-3-12-25/h4-9,13,15H,1-3,10-12,14,21-22H2,(H,24,26)/b13-9-,18-7-,19-8+. The first-order chi connectivity index (χ1) is 13.1. The van der Waals surface area contributed by atoms with Crippen LogP contribution in [0.5, 0.6) is 0 Å². The molecule has 1 amide bonds. The highest BCUT2D eigenvalue weighted by Gasteiger charge is 2.11. The first-order valence-electron chi connectivity index (χ1n) is 8.91. The first kappa shape index (κ1) is 20.6. The summed E-state index contributed by atoms with van der Waals surface area (Å²) in [5, 5.41) is 4.73. The molecule has 144 valence electrons. The zero-order valence-corrected chi connectivity index (χ0v) is 16.3. The number of carbonyl (C=O) groups excluding carboxylic acids is 1. The number of aliphatic imine (C=N–C) groups is 1. The molecule has 5 N–H and O–H groups in total. The fourth-order valence-corrected chi connectivity index (χ4v) is 3.20. The van der Waals surface area contributed by atoms with E-state index in [4.69, 9.17) is 11.5 Å². The van der Waals surface area contributed by atoms with Crippen LogP contribution in [0.2, 0.25) is 0 Å². The topological polar surface area (TPSA) is 96.7 Å². The summed E-state index contributed by atoms with van der Waals surface area (Å²) in [5.74, 6) is 1.37. The molecule has 0 bridgehead atoms. The number of nitrogens with zero attached hydrogens (tertiary/aromatic N) is 2. The number of carbonyl (C=O) groups is 1. The van der Waals surface area contributed by atoms with Gasteiger partial charge in [-0.15, -0.1) is 11.8 Å². The van der Waals surface area contributed by atoms with Crippen LogP contribution >= 0.6 is 11.8 Å². The maximum absolute atomic E-state index is 12.3. The number of allylic oxidation sites excluding steroid dienone is 2. The van der Waals surface area contributed by atoms with Gasteiger partial charge < -0.3 is 21.7 Å². The van der Waals surface area contributed by atoms with Crippen molar-refractivity contribution in [2.75, 3.05) is 25.4 Å². The Labute approximate surface area is 165 Å².